The first-order chi connectivity index (χ1) is 12.0. The first kappa shape index (κ1) is 17.6. The van der Waals surface area contributed by atoms with Crippen LogP contribution in [0.1, 0.15) is 30.4 Å². The summed E-state index contributed by atoms with van der Waals surface area (Å²) >= 11 is 0. The Kier molecular flexibility index (Phi) is 5.20. The first-order valence-electron chi connectivity index (χ1n) is 8.41. The van der Waals surface area contributed by atoms with Crippen molar-refractivity contribution in [3.8, 4) is 5.75 Å². The standard InChI is InChI=1S/C19H22N2O3S/c1-15-9-10-17(20-14-16-7-3-4-8-18(16)22)13-19(15)25(23,24)21-11-5-2-6-12-21/h3-4,7-10,13-14,22H,2,5-6,11-12H2,1H3. The molecule has 2 aromatic carbocycles. The van der Waals surface area contributed by atoms with Crippen LogP contribution in [0.15, 0.2) is 52.4 Å². The van der Waals surface area contributed by atoms with Gasteiger partial charge in [-0.1, -0.05) is 24.6 Å². The normalized spacial score (nSPS) is 16.4. The Balaban J connectivity index is 1.92. The van der Waals surface area contributed by atoms with Crippen LogP contribution in [0, 0.1) is 6.92 Å². The summed E-state index contributed by atoms with van der Waals surface area (Å²) in [4.78, 5) is 4.64. The summed E-state index contributed by atoms with van der Waals surface area (Å²) < 4.78 is 27.4. The molecule has 0 amide bonds. The maximum atomic E-state index is 12.9. The van der Waals surface area contributed by atoms with Gasteiger partial charge in [-0.2, -0.15) is 4.31 Å². The van der Waals surface area contributed by atoms with Gasteiger partial charge in [-0.25, -0.2) is 8.42 Å². The van der Waals surface area contributed by atoms with Crippen LogP contribution in [0.5, 0.6) is 5.75 Å². The van der Waals surface area contributed by atoms with Gasteiger partial charge in [0, 0.05) is 24.9 Å². The number of phenols is 1. The second-order valence-corrected chi connectivity index (χ2v) is 8.14. The maximum absolute atomic E-state index is 12.9. The van der Waals surface area contributed by atoms with E-state index in [4.69, 9.17) is 0 Å². The van der Waals surface area contributed by atoms with Crippen LogP contribution < -0.4 is 0 Å². The van der Waals surface area contributed by atoms with Gasteiger partial charge in [0.15, 0.2) is 0 Å². The van der Waals surface area contributed by atoms with Crippen molar-refractivity contribution in [2.75, 3.05) is 13.1 Å². The molecule has 5 nitrogen and oxygen atoms in total. The lowest BCUT2D eigenvalue weighted by Crippen LogP contribution is -2.35. The van der Waals surface area contributed by atoms with Crippen LogP contribution in [0.25, 0.3) is 0 Å². The summed E-state index contributed by atoms with van der Waals surface area (Å²) in [5.74, 6) is 0.138. The second kappa shape index (κ2) is 7.37. The maximum Gasteiger partial charge on any atom is 0.243 e. The van der Waals surface area contributed by atoms with Crippen molar-refractivity contribution in [1.29, 1.82) is 0 Å². The van der Waals surface area contributed by atoms with Crippen molar-refractivity contribution < 1.29 is 13.5 Å². The minimum atomic E-state index is -3.50. The molecule has 0 unspecified atom stereocenters. The van der Waals surface area contributed by atoms with Crippen LogP contribution in [0.3, 0.4) is 0 Å². The molecular weight excluding hydrogens is 336 g/mol. The van der Waals surface area contributed by atoms with E-state index in [9.17, 15) is 13.5 Å². The highest BCUT2D eigenvalue weighted by Gasteiger charge is 2.27. The molecule has 0 spiro atoms. The fraction of sp³-hybridized carbons (Fsp3) is 0.316. The van der Waals surface area contributed by atoms with Gasteiger partial charge < -0.3 is 5.11 Å². The smallest absolute Gasteiger partial charge is 0.243 e. The molecule has 0 aliphatic carbocycles. The van der Waals surface area contributed by atoms with Crippen LogP contribution in [-0.2, 0) is 10.0 Å². The molecule has 6 heteroatoms. The zero-order valence-electron chi connectivity index (χ0n) is 14.2. The van der Waals surface area contributed by atoms with E-state index in [2.05, 4.69) is 4.99 Å². The van der Waals surface area contributed by atoms with Gasteiger partial charge in [0.05, 0.1) is 10.6 Å². The highest BCUT2D eigenvalue weighted by atomic mass is 32.2. The summed E-state index contributed by atoms with van der Waals surface area (Å²) in [6.45, 7) is 2.95. The lowest BCUT2D eigenvalue weighted by molar-refractivity contribution is 0.346. The Labute approximate surface area is 148 Å². The van der Waals surface area contributed by atoms with Gasteiger partial charge >= 0.3 is 0 Å². The third-order valence-corrected chi connectivity index (χ3v) is 6.43. The topological polar surface area (TPSA) is 70.0 Å². The van der Waals surface area contributed by atoms with E-state index >= 15 is 0 Å². The molecule has 3 rings (SSSR count). The number of aromatic hydroxyl groups is 1. The summed E-state index contributed by atoms with van der Waals surface area (Å²) in [5, 5.41) is 9.79. The molecule has 0 aromatic heterocycles. The Bertz CT molecular complexity index is 885. The minimum Gasteiger partial charge on any atom is -0.507 e. The lowest BCUT2D eigenvalue weighted by atomic mass is 10.2. The number of rotatable bonds is 4. The molecule has 132 valence electrons. The molecule has 1 N–H and O–H groups in total. The van der Waals surface area contributed by atoms with Crippen molar-refractivity contribution in [2.45, 2.75) is 31.1 Å². The predicted octanol–water partition coefficient (Wildman–Crippen LogP) is 3.63. The Morgan fingerprint density at radius 1 is 1.08 bits per heavy atom. The van der Waals surface area contributed by atoms with Gasteiger partial charge in [0.25, 0.3) is 0 Å². The van der Waals surface area contributed by atoms with E-state index in [1.165, 1.54) is 6.21 Å². The molecule has 1 saturated heterocycles. The van der Waals surface area contributed by atoms with Gasteiger partial charge in [-0.15, -0.1) is 0 Å². The average molecular weight is 358 g/mol. The minimum absolute atomic E-state index is 0.138. The monoisotopic (exact) mass is 358 g/mol. The molecule has 1 aliphatic heterocycles. The van der Waals surface area contributed by atoms with Crippen molar-refractivity contribution in [3.05, 3.63) is 53.6 Å². The number of aliphatic imine (C=N–C) groups is 1. The summed E-state index contributed by atoms with van der Waals surface area (Å²) in [6.07, 6.45) is 4.43. The molecular formula is C19H22N2O3S. The van der Waals surface area contributed by atoms with Crippen LogP contribution >= 0.6 is 0 Å². The number of aryl methyl sites for hydroxylation is 1. The average Bonchev–Trinajstić information content (AvgIpc) is 2.63. The molecule has 1 aliphatic rings. The number of nitrogens with zero attached hydrogens (tertiary/aromatic N) is 2. The number of piperidine rings is 1. The third-order valence-electron chi connectivity index (χ3n) is 4.39. The number of benzene rings is 2. The number of phenolic OH excluding ortho intramolecular Hbond substituents is 1. The van der Waals surface area contributed by atoms with E-state index in [0.717, 1.165) is 19.3 Å². The van der Waals surface area contributed by atoms with Crippen LogP contribution in [-0.4, -0.2) is 37.1 Å². The summed E-state index contributed by atoms with van der Waals surface area (Å²) in [5.41, 5.74) is 1.85. The number of sulfonamides is 1. The van der Waals surface area contributed by atoms with E-state index in [1.54, 1.807) is 47.6 Å². The molecule has 0 radical (unpaired) electrons. The van der Waals surface area contributed by atoms with Crippen molar-refractivity contribution in [3.63, 3.8) is 0 Å². The van der Waals surface area contributed by atoms with Gasteiger partial charge in [0.2, 0.25) is 10.0 Å². The zero-order valence-corrected chi connectivity index (χ0v) is 15.0. The molecule has 25 heavy (non-hydrogen) atoms. The lowest BCUT2D eigenvalue weighted by Gasteiger charge is -2.26. The Morgan fingerprint density at radius 2 is 1.80 bits per heavy atom. The fourth-order valence-corrected chi connectivity index (χ4v) is 4.69. The molecule has 1 heterocycles. The van der Waals surface area contributed by atoms with E-state index < -0.39 is 10.0 Å². The van der Waals surface area contributed by atoms with Gasteiger partial charge in [0.1, 0.15) is 5.75 Å². The Hall–Kier alpha value is -2.18. The van der Waals surface area contributed by atoms with Crippen molar-refractivity contribution in [2.24, 2.45) is 4.99 Å². The number of para-hydroxylation sites is 1. The highest BCUT2D eigenvalue weighted by Crippen LogP contribution is 2.27. The number of hydrogen-bond donors (Lipinski definition) is 1. The zero-order chi connectivity index (χ0) is 17.9. The molecule has 1 fully saturated rings. The third kappa shape index (κ3) is 3.91. The second-order valence-electron chi connectivity index (χ2n) is 6.23. The van der Waals surface area contributed by atoms with Crippen LogP contribution in [0.4, 0.5) is 5.69 Å². The quantitative estimate of drug-likeness (QED) is 0.849. The highest BCUT2D eigenvalue weighted by molar-refractivity contribution is 7.89. The van der Waals surface area contributed by atoms with E-state index in [0.29, 0.717) is 34.8 Å². The SMILES string of the molecule is Cc1ccc(N=Cc2ccccc2O)cc1S(=O)(=O)N1CCCCC1. The molecule has 2 aromatic rings. The van der Waals surface area contributed by atoms with Gasteiger partial charge in [-0.3, -0.25) is 4.99 Å². The summed E-state index contributed by atoms with van der Waals surface area (Å²) in [7, 11) is -3.50. The first-order valence-corrected chi connectivity index (χ1v) is 9.85. The number of hydrogen-bond acceptors (Lipinski definition) is 4. The molecule has 0 atom stereocenters. The summed E-state index contributed by atoms with van der Waals surface area (Å²) in [6, 6.07) is 12.0. The van der Waals surface area contributed by atoms with E-state index in [1.807, 2.05) is 6.07 Å². The predicted molar refractivity (Wildman–Crippen MR) is 99.1 cm³/mol. The van der Waals surface area contributed by atoms with Crippen LogP contribution in [0.2, 0.25) is 0 Å². The van der Waals surface area contributed by atoms with E-state index in [-0.39, 0.29) is 5.75 Å². The van der Waals surface area contributed by atoms with Gasteiger partial charge in [-0.05, 0) is 49.6 Å². The fourth-order valence-electron chi connectivity index (χ4n) is 2.93. The molecule has 0 bridgehead atoms. The largest absolute Gasteiger partial charge is 0.507 e. The molecule has 0 saturated carbocycles. The Morgan fingerprint density at radius 3 is 2.52 bits per heavy atom. The van der Waals surface area contributed by atoms with Crippen molar-refractivity contribution in [1.82, 2.24) is 4.31 Å². The van der Waals surface area contributed by atoms with Crippen molar-refractivity contribution >= 4 is 21.9 Å².